The van der Waals surface area contributed by atoms with Gasteiger partial charge in [0.25, 0.3) is 0 Å². The van der Waals surface area contributed by atoms with Crippen LogP contribution < -0.4 is 9.88 Å². The first-order valence-corrected chi connectivity index (χ1v) is 11.2. The Kier molecular flexibility index (Phi) is 5.82. The van der Waals surface area contributed by atoms with Crippen molar-refractivity contribution in [1.82, 2.24) is 9.97 Å². The first-order valence-electron chi connectivity index (χ1n) is 9.65. The molecule has 0 atom stereocenters. The van der Waals surface area contributed by atoms with Crippen molar-refractivity contribution in [1.29, 1.82) is 0 Å². The summed E-state index contributed by atoms with van der Waals surface area (Å²) in [6.45, 7) is -1.83. The Morgan fingerprint density at radius 1 is 0.912 bits per heavy atom. The van der Waals surface area contributed by atoms with Gasteiger partial charge < -0.3 is 9.72 Å². The molecule has 0 saturated carbocycles. The number of fused-ring (bicyclic) bond motifs is 1. The van der Waals surface area contributed by atoms with E-state index in [0.717, 1.165) is 0 Å². The van der Waals surface area contributed by atoms with Crippen LogP contribution in [-0.2, 0) is 10.0 Å². The second-order valence-electron chi connectivity index (χ2n) is 7.37. The van der Waals surface area contributed by atoms with Crippen LogP contribution in [-0.4, -0.2) is 37.1 Å². The van der Waals surface area contributed by atoms with E-state index in [-0.39, 0.29) is 10.6 Å². The highest BCUT2D eigenvalue weighted by atomic mass is 32.2. The molecule has 0 radical (unpaired) electrons. The molecule has 34 heavy (non-hydrogen) atoms. The van der Waals surface area contributed by atoms with Gasteiger partial charge in [-0.15, -0.1) is 0 Å². The van der Waals surface area contributed by atoms with E-state index in [1.807, 2.05) is 0 Å². The maximum Gasteiger partial charge on any atom is 0.456 e. The molecule has 0 spiro atoms. The lowest BCUT2D eigenvalue weighted by atomic mass is 10.1. The average Bonchev–Trinajstić information content (AvgIpc) is 3.20. The molecule has 0 aliphatic carbocycles. The van der Waals surface area contributed by atoms with Crippen molar-refractivity contribution in [3.63, 3.8) is 0 Å². The predicted molar refractivity (Wildman–Crippen MR) is 115 cm³/mol. The summed E-state index contributed by atoms with van der Waals surface area (Å²) < 4.78 is 91.2. The summed E-state index contributed by atoms with van der Waals surface area (Å²) in [5.41, 5.74) is 2.68. The number of halogens is 5. The highest BCUT2D eigenvalue weighted by molar-refractivity contribution is 7.89. The number of alkyl halides is 5. The zero-order valence-electron chi connectivity index (χ0n) is 17.1. The Morgan fingerprint density at radius 3 is 2.21 bits per heavy atom. The number of ether oxygens (including phenoxy) is 1. The number of aromatic amines is 1. The lowest BCUT2D eigenvalue weighted by molar-refractivity contribution is -0.290. The van der Waals surface area contributed by atoms with Crippen LogP contribution in [0.1, 0.15) is 0 Å². The van der Waals surface area contributed by atoms with Gasteiger partial charge in [-0.25, -0.2) is 18.5 Å². The number of nitrogens with one attached hydrogen (secondary N) is 1. The third-order valence-electron chi connectivity index (χ3n) is 4.95. The van der Waals surface area contributed by atoms with Crippen LogP contribution in [0.15, 0.2) is 71.6 Å². The van der Waals surface area contributed by atoms with Gasteiger partial charge in [-0.05, 0) is 48.0 Å². The number of hydrogen-bond donors (Lipinski definition) is 2. The molecule has 178 valence electrons. The van der Waals surface area contributed by atoms with Crippen LogP contribution in [0.4, 0.5) is 22.0 Å². The smallest absolute Gasteiger partial charge is 0.456 e. The van der Waals surface area contributed by atoms with Gasteiger partial charge in [0.1, 0.15) is 11.6 Å². The minimum atomic E-state index is -5.70. The molecular formula is C22H16F5N3O3S. The largest absolute Gasteiger partial charge is 0.487 e. The summed E-state index contributed by atoms with van der Waals surface area (Å²) in [7, 11) is -3.95. The molecule has 1 aromatic heterocycles. The monoisotopic (exact) mass is 497 g/mol. The summed E-state index contributed by atoms with van der Waals surface area (Å²) in [6, 6.07) is 16.8. The van der Waals surface area contributed by atoms with Crippen molar-refractivity contribution in [2.24, 2.45) is 5.14 Å². The number of aromatic nitrogens is 2. The van der Waals surface area contributed by atoms with E-state index in [9.17, 15) is 30.4 Å². The van der Waals surface area contributed by atoms with Gasteiger partial charge in [0, 0.05) is 11.1 Å². The van der Waals surface area contributed by atoms with E-state index >= 15 is 0 Å². The Bertz CT molecular complexity index is 1450. The van der Waals surface area contributed by atoms with E-state index in [1.54, 1.807) is 36.4 Å². The van der Waals surface area contributed by atoms with Gasteiger partial charge >= 0.3 is 12.1 Å². The predicted octanol–water partition coefficient (Wildman–Crippen LogP) is 5.12. The lowest BCUT2D eigenvalue weighted by Crippen LogP contribution is -2.41. The van der Waals surface area contributed by atoms with Crippen LogP contribution in [0.2, 0.25) is 0 Å². The maximum absolute atomic E-state index is 13.0. The molecule has 3 aromatic carbocycles. The molecule has 0 unspecified atom stereocenters. The summed E-state index contributed by atoms with van der Waals surface area (Å²) >= 11 is 0. The number of primary sulfonamides is 1. The number of H-pyrrole nitrogens is 1. The van der Waals surface area contributed by atoms with Crippen molar-refractivity contribution in [3.05, 3.63) is 66.7 Å². The standard InChI is InChI=1S/C22H16F5N3O3S/c23-21(24,22(25,26)27)12-33-15-8-5-13(6-9-15)20-29-17-10-7-14(11-18(17)30-20)16-3-1-2-4-19(16)34(28,31)32/h1-11H,12H2,(H,29,30)(H2,28,31,32). The lowest BCUT2D eigenvalue weighted by Gasteiger charge is -2.19. The Labute approximate surface area is 190 Å². The second kappa shape index (κ2) is 8.37. The Morgan fingerprint density at radius 2 is 1.56 bits per heavy atom. The van der Waals surface area contributed by atoms with Crippen molar-refractivity contribution in [3.8, 4) is 28.3 Å². The average molecular weight is 497 g/mol. The second-order valence-corrected chi connectivity index (χ2v) is 8.90. The van der Waals surface area contributed by atoms with E-state index < -0.39 is 28.7 Å². The van der Waals surface area contributed by atoms with Gasteiger partial charge in [0.2, 0.25) is 10.0 Å². The van der Waals surface area contributed by atoms with E-state index in [0.29, 0.717) is 33.5 Å². The van der Waals surface area contributed by atoms with E-state index in [2.05, 4.69) is 14.7 Å². The zero-order chi connectivity index (χ0) is 24.7. The molecule has 4 rings (SSSR count). The quantitative estimate of drug-likeness (QED) is 0.361. The molecule has 0 fully saturated rings. The number of hydrogen-bond acceptors (Lipinski definition) is 4. The highest BCUT2D eigenvalue weighted by Crippen LogP contribution is 2.36. The number of nitrogens with zero attached hydrogens (tertiary/aromatic N) is 1. The van der Waals surface area contributed by atoms with Gasteiger partial charge in [-0.1, -0.05) is 24.3 Å². The first-order chi connectivity index (χ1) is 15.8. The minimum Gasteiger partial charge on any atom is -0.487 e. The van der Waals surface area contributed by atoms with Gasteiger partial charge in [0.15, 0.2) is 6.61 Å². The molecule has 0 saturated heterocycles. The van der Waals surface area contributed by atoms with Crippen molar-refractivity contribution in [2.45, 2.75) is 17.0 Å². The summed E-state index contributed by atoms with van der Waals surface area (Å²) in [4.78, 5) is 7.48. The maximum atomic E-state index is 13.0. The Hall–Kier alpha value is -3.51. The van der Waals surface area contributed by atoms with Crippen LogP contribution in [0.5, 0.6) is 5.75 Å². The molecule has 0 bridgehead atoms. The fraction of sp³-hybridized carbons (Fsp3) is 0.136. The number of nitrogens with two attached hydrogens (primary N) is 1. The van der Waals surface area contributed by atoms with Gasteiger partial charge in [0.05, 0.1) is 15.9 Å². The van der Waals surface area contributed by atoms with Crippen LogP contribution >= 0.6 is 0 Å². The normalized spacial score (nSPS) is 12.8. The van der Waals surface area contributed by atoms with Crippen LogP contribution in [0.25, 0.3) is 33.5 Å². The van der Waals surface area contributed by atoms with Crippen molar-refractivity contribution < 1.29 is 35.1 Å². The zero-order valence-corrected chi connectivity index (χ0v) is 17.9. The minimum absolute atomic E-state index is 0.0271. The number of rotatable bonds is 6. The van der Waals surface area contributed by atoms with Crippen LogP contribution in [0, 0.1) is 0 Å². The van der Waals surface area contributed by atoms with Gasteiger partial charge in [-0.2, -0.15) is 22.0 Å². The number of sulfonamides is 1. The van der Waals surface area contributed by atoms with E-state index in [1.165, 1.54) is 30.3 Å². The number of imidazole rings is 1. The molecule has 1 heterocycles. The fourth-order valence-electron chi connectivity index (χ4n) is 3.23. The molecule has 3 N–H and O–H groups in total. The highest BCUT2D eigenvalue weighted by Gasteiger charge is 2.58. The first kappa shape index (κ1) is 23.6. The Balaban J connectivity index is 1.59. The molecule has 0 aliphatic rings. The molecule has 6 nitrogen and oxygen atoms in total. The van der Waals surface area contributed by atoms with Gasteiger partial charge in [-0.3, -0.25) is 0 Å². The molecular weight excluding hydrogens is 481 g/mol. The van der Waals surface area contributed by atoms with Crippen LogP contribution in [0.3, 0.4) is 0 Å². The third-order valence-corrected chi connectivity index (χ3v) is 5.92. The van der Waals surface area contributed by atoms with Crippen molar-refractivity contribution >= 4 is 21.1 Å². The molecule has 12 heteroatoms. The fourth-order valence-corrected chi connectivity index (χ4v) is 3.99. The third kappa shape index (κ3) is 4.73. The molecule has 0 amide bonds. The SMILES string of the molecule is NS(=O)(=O)c1ccccc1-c1ccc2nc(-c3ccc(OCC(F)(F)C(F)(F)F)cc3)[nH]c2c1. The number of benzene rings is 3. The molecule has 4 aromatic rings. The van der Waals surface area contributed by atoms with E-state index in [4.69, 9.17) is 5.14 Å². The molecule has 0 aliphatic heterocycles. The van der Waals surface area contributed by atoms with Crippen molar-refractivity contribution in [2.75, 3.05) is 6.61 Å². The summed E-state index contributed by atoms with van der Waals surface area (Å²) in [5.74, 6) is -4.73. The summed E-state index contributed by atoms with van der Waals surface area (Å²) in [5, 5.41) is 5.31. The topological polar surface area (TPSA) is 98.1 Å². The summed E-state index contributed by atoms with van der Waals surface area (Å²) in [6.07, 6.45) is -5.70.